The van der Waals surface area contributed by atoms with Crippen molar-refractivity contribution in [2.75, 3.05) is 19.6 Å². The van der Waals surface area contributed by atoms with Crippen LogP contribution in [0.5, 0.6) is 0 Å². The minimum Gasteiger partial charge on any atom is -0.427 e. The van der Waals surface area contributed by atoms with E-state index in [1.807, 2.05) is 27.7 Å². The zero-order valence-electron chi connectivity index (χ0n) is 17.2. The van der Waals surface area contributed by atoms with E-state index in [0.29, 0.717) is 12.4 Å². The molecule has 0 aliphatic carbocycles. The van der Waals surface area contributed by atoms with Crippen molar-refractivity contribution in [3.63, 3.8) is 0 Å². The molecule has 2 unspecified atom stereocenters. The SMILES string of the molecule is CC.CC.OB(O)CCCC1CCN(CC2Cc3ccccc3CN2)C1. The van der Waals surface area contributed by atoms with Crippen LogP contribution in [0.25, 0.3) is 0 Å². The van der Waals surface area contributed by atoms with Gasteiger partial charge in [-0.3, -0.25) is 0 Å². The van der Waals surface area contributed by atoms with Crippen LogP contribution in [0.15, 0.2) is 24.3 Å². The van der Waals surface area contributed by atoms with E-state index >= 15 is 0 Å². The van der Waals surface area contributed by atoms with Crippen LogP contribution in [0.2, 0.25) is 6.32 Å². The number of hydrogen-bond donors (Lipinski definition) is 3. The average molecular weight is 362 g/mol. The smallest absolute Gasteiger partial charge is 0.427 e. The lowest BCUT2D eigenvalue weighted by molar-refractivity contribution is 0.271. The molecule has 0 aromatic heterocycles. The zero-order chi connectivity index (χ0) is 19.4. The van der Waals surface area contributed by atoms with E-state index in [4.69, 9.17) is 10.0 Å². The lowest BCUT2D eigenvalue weighted by Gasteiger charge is -2.29. The van der Waals surface area contributed by atoms with Gasteiger partial charge in [0.1, 0.15) is 0 Å². The molecule has 3 rings (SSSR count). The second-order valence-electron chi connectivity index (χ2n) is 6.88. The van der Waals surface area contributed by atoms with Gasteiger partial charge in [0.15, 0.2) is 0 Å². The minimum absolute atomic E-state index is 0.511. The number of likely N-dealkylation sites (tertiary alicyclic amines) is 1. The third-order valence-electron chi connectivity index (χ3n) is 5.09. The number of benzene rings is 1. The largest absolute Gasteiger partial charge is 0.451 e. The molecule has 0 radical (unpaired) electrons. The van der Waals surface area contributed by atoms with Crippen LogP contribution in [-0.2, 0) is 13.0 Å². The predicted octanol–water partition coefficient (Wildman–Crippen LogP) is 3.33. The van der Waals surface area contributed by atoms with Crippen molar-refractivity contribution < 1.29 is 10.0 Å². The third kappa shape index (κ3) is 7.79. The van der Waals surface area contributed by atoms with Gasteiger partial charge in [0.05, 0.1) is 0 Å². The molecule has 26 heavy (non-hydrogen) atoms. The molecule has 2 aliphatic rings. The Kier molecular flexibility index (Phi) is 11.9. The van der Waals surface area contributed by atoms with Crippen molar-refractivity contribution in [3.05, 3.63) is 35.4 Å². The van der Waals surface area contributed by atoms with Gasteiger partial charge in [-0.1, -0.05) is 58.4 Å². The van der Waals surface area contributed by atoms with Gasteiger partial charge in [0, 0.05) is 25.7 Å². The minimum atomic E-state index is -1.14. The molecule has 3 N–H and O–H groups in total. The first kappa shape index (κ1) is 23.2. The number of nitrogens with zero attached hydrogens (tertiary/aromatic N) is 1. The van der Waals surface area contributed by atoms with Crippen LogP contribution >= 0.6 is 0 Å². The van der Waals surface area contributed by atoms with Gasteiger partial charge in [-0.15, -0.1) is 0 Å². The van der Waals surface area contributed by atoms with Crippen LogP contribution in [0.3, 0.4) is 0 Å². The van der Waals surface area contributed by atoms with Crippen LogP contribution in [0, 0.1) is 5.92 Å². The van der Waals surface area contributed by atoms with Crippen LogP contribution in [0.4, 0.5) is 0 Å². The molecule has 0 amide bonds. The summed E-state index contributed by atoms with van der Waals surface area (Å²) in [5.41, 5.74) is 2.94. The fraction of sp³-hybridized carbons (Fsp3) is 0.714. The Morgan fingerprint density at radius 2 is 1.81 bits per heavy atom. The summed E-state index contributed by atoms with van der Waals surface area (Å²) in [6.45, 7) is 12.5. The maximum atomic E-state index is 8.91. The van der Waals surface area contributed by atoms with E-state index in [0.717, 1.165) is 38.3 Å². The molecule has 1 aromatic rings. The van der Waals surface area contributed by atoms with Gasteiger partial charge < -0.3 is 20.3 Å². The molecule has 1 aromatic carbocycles. The first-order chi connectivity index (χ1) is 12.7. The molecule has 4 nitrogen and oxygen atoms in total. The number of rotatable bonds is 6. The van der Waals surface area contributed by atoms with E-state index in [2.05, 4.69) is 34.5 Å². The van der Waals surface area contributed by atoms with Crippen LogP contribution in [0.1, 0.15) is 58.1 Å². The second kappa shape index (κ2) is 13.3. The van der Waals surface area contributed by atoms with E-state index < -0.39 is 7.12 Å². The monoisotopic (exact) mass is 362 g/mol. The Bertz CT molecular complexity index is 485. The van der Waals surface area contributed by atoms with Crippen molar-refractivity contribution in [2.24, 2.45) is 5.92 Å². The maximum absolute atomic E-state index is 8.91. The normalized spacial score (nSPS) is 21.8. The quantitative estimate of drug-likeness (QED) is 0.680. The molecule has 148 valence electrons. The lowest BCUT2D eigenvalue weighted by atomic mass is 9.82. The van der Waals surface area contributed by atoms with E-state index in [1.165, 1.54) is 30.6 Å². The van der Waals surface area contributed by atoms with E-state index in [-0.39, 0.29) is 0 Å². The fourth-order valence-electron chi connectivity index (χ4n) is 3.87. The highest BCUT2D eigenvalue weighted by atomic mass is 16.4. The summed E-state index contributed by atoms with van der Waals surface area (Å²) in [5, 5.41) is 21.5. The Balaban J connectivity index is 0.000000791. The van der Waals surface area contributed by atoms with E-state index in [9.17, 15) is 0 Å². The highest BCUT2D eigenvalue weighted by Crippen LogP contribution is 2.23. The summed E-state index contributed by atoms with van der Waals surface area (Å²) < 4.78 is 0. The van der Waals surface area contributed by atoms with Crippen molar-refractivity contribution >= 4 is 7.12 Å². The second-order valence-corrected chi connectivity index (χ2v) is 6.88. The molecular formula is C21H39BN2O2. The van der Waals surface area contributed by atoms with Crippen molar-refractivity contribution in [2.45, 2.75) is 72.3 Å². The van der Waals surface area contributed by atoms with Crippen LogP contribution in [-0.4, -0.2) is 47.7 Å². The first-order valence-corrected chi connectivity index (χ1v) is 10.6. The number of hydrogen-bond acceptors (Lipinski definition) is 4. The average Bonchev–Trinajstić information content (AvgIpc) is 3.12. The summed E-state index contributed by atoms with van der Waals surface area (Å²) in [6, 6.07) is 9.31. The Labute approximate surface area is 161 Å². The predicted molar refractivity (Wildman–Crippen MR) is 112 cm³/mol. The summed E-state index contributed by atoms with van der Waals surface area (Å²) in [6.07, 6.45) is 4.94. The van der Waals surface area contributed by atoms with E-state index in [1.54, 1.807) is 0 Å². The molecule has 2 atom stereocenters. The summed E-state index contributed by atoms with van der Waals surface area (Å²) in [7, 11) is -1.14. The zero-order valence-corrected chi connectivity index (χ0v) is 17.2. The van der Waals surface area contributed by atoms with Gasteiger partial charge in [0.25, 0.3) is 0 Å². The molecule has 1 saturated heterocycles. The number of nitrogens with one attached hydrogen (secondary N) is 1. The third-order valence-corrected chi connectivity index (χ3v) is 5.09. The maximum Gasteiger partial charge on any atom is 0.451 e. The fourth-order valence-corrected chi connectivity index (χ4v) is 3.87. The lowest BCUT2D eigenvalue weighted by Crippen LogP contribution is -2.44. The molecule has 1 fully saturated rings. The molecule has 5 heteroatoms. The highest BCUT2D eigenvalue weighted by molar-refractivity contribution is 6.40. The highest BCUT2D eigenvalue weighted by Gasteiger charge is 2.26. The molecule has 0 bridgehead atoms. The summed E-state index contributed by atoms with van der Waals surface area (Å²) >= 11 is 0. The molecule has 2 aliphatic heterocycles. The van der Waals surface area contributed by atoms with Gasteiger partial charge in [0.2, 0.25) is 0 Å². The van der Waals surface area contributed by atoms with Crippen molar-refractivity contribution in [1.82, 2.24) is 10.2 Å². The Hall–Kier alpha value is -0.875. The van der Waals surface area contributed by atoms with Gasteiger partial charge >= 0.3 is 7.12 Å². The first-order valence-electron chi connectivity index (χ1n) is 10.6. The van der Waals surface area contributed by atoms with Crippen LogP contribution < -0.4 is 5.32 Å². The van der Waals surface area contributed by atoms with Crippen molar-refractivity contribution in [3.8, 4) is 0 Å². The topological polar surface area (TPSA) is 55.7 Å². The summed E-state index contributed by atoms with van der Waals surface area (Å²) in [4.78, 5) is 2.58. The molecule has 2 heterocycles. The van der Waals surface area contributed by atoms with Crippen molar-refractivity contribution in [1.29, 1.82) is 0 Å². The Morgan fingerprint density at radius 3 is 2.50 bits per heavy atom. The van der Waals surface area contributed by atoms with Gasteiger partial charge in [-0.2, -0.15) is 0 Å². The Morgan fingerprint density at radius 1 is 1.12 bits per heavy atom. The molecule has 0 saturated carbocycles. The van der Waals surface area contributed by atoms with Gasteiger partial charge in [-0.25, -0.2) is 0 Å². The number of fused-ring (bicyclic) bond motifs is 1. The standard InChI is InChI=1S/C17H27BN2O2.2C2H6/c21-18(22)8-3-4-14-7-9-20(12-14)13-17-10-15-5-1-2-6-16(15)11-19-17;2*1-2/h1-2,5-6,14,17,19,21-22H,3-4,7-13H2;2*1-2H3. The summed E-state index contributed by atoms with van der Waals surface area (Å²) in [5.74, 6) is 0.731. The molecular weight excluding hydrogens is 323 g/mol. The molecule has 0 spiro atoms. The van der Waals surface area contributed by atoms with Gasteiger partial charge in [-0.05, 0) is 49.2 Å².